The van der Waals surface area contributed by atoms with Crippen LogP contribution in [0.5, 0.6) is 0 Å². The Kier molecular flexibility index (Phi) is 6.13. The molecule has 116 valence electrons. The van der Waals surface area contributed by atoms with Gasteiger partial charge in [0, 0.05) is 0 Å². The molecule has 0 radical (unpaired) electrons. The van der Waals surface area contributed by atoms with E-state index in [9.17, 15) is 26.3 Å². The summed E-state index contributed by atoms with van der Waals surface area (Å²) in [7, 11) is 0. The zero-order valence-corrected chi connectivity index (χ0v) is 11.0. The average Bonchev–Trinajstić information content (AvgIpc) is 2.22. The normalized spacial score (nSPS) is 17.4. The number of hydrogen-bond donors (Lipinski definition) is 1. The molecule has 0 rings (SSSR count). The maximum Gasteiger partial charge on any atom is 0.440 e. The lowest BCUT2D eigenvalue weighted by molar-refractivity contribution is -0.389. The van der Waals surface area contributed by atoms with Gasteiger partial charge in [-0.05, 0) is 19.3 Å². The highest BCUT2D eigenvalue weighted by molar-refractivity contribution is 4.91. The highest BCUT2D eigenvalue weighted by Gasteiger charge is 2.71. The average molecular weight is 295 g/mol. The minimum absolute atomic E-state index is 0.451. The van der Waals surface area contributed by atoms with E-state index in [2.05, 4.69) is 10.5 Å². The second-order valence-corrected chi connectivity index (χ2v) is 4.67. The molecule has 0 aromatic rings. The summed E-state index contributed by atoms with van der Waals surface area (Å²) in [6, 6.07) is 0. The SMILES string of the molecule is CCCCC(C)C(C)OC(N)(C(F)(F)F)C(F)(F)F. The van der Waals surface area contributed by atoms with Gasteiger partial charge < -0.3 is 4.74 Å². The van der Waals surface area contributed by atoms with Crippen LogP contribution in [-0.2, 0) is 4.74 Å². The molecule has 0 aromatic carbocycles. The van der Waals surface area contributed by atoms with Gasteiger partial charge in [0.2, 0.25) is 0 Å². The van der Waals surface area contributed by atoms with E-state index in [1.165, 1.54) is 13.8 Å². The summed E-state index contributed by atoms with van der Waals surface area (Å²) in [6.45, 7) is 4.57. The topological polar surface area (TPSA) is 35.2 Å². The first-order valence-electron chi connectivity index (χ1n) is 5.97. The molecule has 2 N–H and O–H groups in total. The number of ether oxygens (including phenoxy) is 1. The summed E-state index contributed by atoms with van der Waals surface area (Å²) >= 11 is 0. The zero-order valence-electron chi connectivity index (χ0n) is 11.0. The Morgan fingerprint density at radius 3 is 1.74 bits per heavy atom. The molecule has 8 heteroatoms. The largest absolute Gasteiger partial charge is 0.440 e. The number of halogens is 6. The second-order valence-electron chi connectivity index (χ2n) is 4.67. The third-order valence-corrected chi connectivity index (χ3v) is 3.03. The van der Waals surface area contributed by atoms with Crippen molar-refractivity contribution in [3.63, 3.8) is 0 Å². The van der Waals surface area contributed by atoms with Crippen LogP contribution < -0.4 is 5.73 Å². The lowest BCUT2D eigenvalue weighted by Crippen LogP contribution is -2.66. The standard InChI is InChI=1S/C11H19F6NO/c1-4-5-6-7(2)8(3)19-9(18,10(12,13)14)11(15,16)17/h7-8H,4-6,18H2,1-3H3. The van der Waals surface area contributed by atoms with E-state index >= 15 is 0 Å². The van der Waals surface area contributed by atoms with Crippen molar-refractivity contribution in [2.45, 2.75) is 64.2 Å². The van der Waals surface area contributed by atoms with Gasteiger partial charge in [0.1, 0.15) is 0 Å². The Hall–Kier alpha value is -0.500. The zero-order chi connectivity index (χ0) is 15.5. The molecule has 0 fully saturated rings. The van der Waals surface area contributed by atoms with E-state index < -0.39 is 30.1 Å². The third-order valence-electron chi connectivity index (χ3n) is 3.03. The van der Waals surface area contributed by atoms with Crippen LogP contribution in [0.15, 0.2) is 0 Å². The van der Waals surface area contributed by atoms with E-state index in [0.29, 0.717) is 12.8 Å². The number of hydrogen-bond acceptors (Lipinski definition) is 2. The van der Waals surface area contributed by atoms with Gasteiger partial charge in [-0.2, -0.15) is 26.3 Å². The Labute approximate surface area is 108 Å². The summed E-state index contributed by atoms with van der Waals surface area (Å²) in [5.41, 5.74) is -0.178. The summed E-state index contributed by atoms with van der Waals surface area (Å²) in [5.74, 6) is -0.451. The van der Waals surface area contributed by atoms with Crippen molar-refractivity contribution < 1.29 is 31.1 Å². The minimum Gasteiger partial charge on any atom is -0.342 e. The summed E-state index contributed by atoms with van der Waals surface area (Å²) in [6.07, 6.45) is -10.7. The van der Waals surface area contributed by atoms with Crippen LogP contribution in [0.25, 0.3) is 0 Å². The van der Waals surface area contributed by atoms with Crippen molar-refractivity contribution in [3.8, 4) is 0 Å². The van der Waals surface area contributed by atoms with Crippen molar-refractivity contribution in [1.82, 2.24) is 0 Å². The first kappa shape index (κ1) is 18.5. The van der Waals surface area contributed by atoms with E-state index in [0.717, 1.165) is 6.42 Å². The molecule has 0 aliphatic heterocycles. The highest BCUT2D eigenvalue weighted by Crippen LogP contribution is 2.43. The Morgan fingerprint density at radius 2 is 1.42 bits per heavy atom. The van der Waals surface area contributed by atoms with Gasteiger partial charge in [-0.3, -0.25) is 5.73 Å². The van der Waals surface area contributed by atoms with Gasteiger partial charge in [0.15, 0.2) is 0 Å². The molecule has 19 heavy (non-hydrogen) atoms. The quantitative estimate of drug-likeness (QED) is 0.594. The number of nitrogens with two attached hydrogens (primary N) is 1. The molecular weight excluding hydrogens is 276 g/mol. The minimum atomic E-state index is -5.72. The third kappa shape index (κ3) is 4.52. The van der Waals surface area contributed by atoms with Gasteiger partial charge in [-0.15, -0.1) is 0 Å². The van der Waals surface area contributed by atoms with Gasteiger partial charge in [-0.1, -0.05) is 26.7 Å². The van der Waals surface area contributed by atoms with Gasteiger partial charge in [0.25, 0.3) is 0 Å². The van der Waals surface area contributed by atoms with Crippen molar-refractivity contribution in [2.75, 3.05) is 0 Å². The van der Waals surface area contributed by atoms with Crippen LogP contribution in [0, 0.1) is 5.92 Å². The fraction of sp³-hybridized carbons (Fsp3) is 1.00. The second kappa shape index (κ2) is 6.30. The number of rotatable bonds is 6. The van der Waals surface area contributed by atoms with Crippen LogP contribution in [0.4, 0.5) is 26.3 Å². The summed E-state index contributed by atoms with van der Waals surface area (Å²) < 4.78 is 79.2. The Morgan fingerprint density at radius 1 is 1.00 bits per heavy atom. The molecular formula is C11H19F6NO. The van der Waals surface area contributed by atoms with E-state index in [1.54, 1.807) is 0 Å². The lowest BCUT2D eigenvalue weighted by Gasteiger charge is -2.37. The smallest absolute Gasteiger partial charge is 0.342 e. The molecule has 2 unspecified atom stereocenters. The Bertz CT molecular complexity index is 261. The predicted molar refractivity (Wildman–Crippen MR) is 58.3 cm³/mol. The van der Waals surface area contributed by atoms with Gasteiger partial charge >= 0.3 is 18.1 Å². The van der Waals surface area contributed by atoms with Crippen molar-refractivity contribution >= 4 is 0 Å². The molecule has 2 nitrogen and oxygen atoms in total. The first-order chi connectivity index (χ1) is 8.37. The first-order valence-corrected chi connectivity index (χ1v) is 5.97. The van der Waals surface area contributed by atoms with E-state index in [4.69, 9.17) is 0 Å². The van der Waals surface area contributed by atoms with Gasteiger partial charge in [0.05, 0.1) is 6.10 Å². The molecule has 0 heterocycles. The number of unbranched alkanes of at least 4 members (excludes halogenated alkanes) is 1. The predicted octanol–water partition coefficient (Wildman–Crippen LogP) is 4.00. The van der Waals surface area contributed by atoms with Crippen molar-refractivity contribution in [1.29, 1.82) is 0 Å². The van der Waals surface area contributed by atoms with Gasteiger partial charge in [-0.25, -0.2) is 0 Å². The monoisotopic (exact) mass is 295 g/mol. The summed E-state index contributed by atoms with van der Waals surface area (Å²) in [5, 5.41) is 0. The maximum absolute atomic E-state index is 12.5. The Balaban J connectivity index is 4.96. The van der Waals surface area contributed by atoms with Crippen LogP contribution >= 0.6 is 0 Å². The fourth-order valence-corrected chi connectivity index (χ4v) is 1.46. The van der Waals surface area contributed by atoms with Crippen LogP contribution in [0.1, 0.15) is 40.0 Å². The van der Waals surface area contributed by atoms with Crippen LogP contribution in [0.2, 0.25) is 0 Å². The molecule has 0 amide bonds. The van der Waals surface area contributed by atoms with Crippen LogP contribution in [0.3, 0.4) is 0 Å². The maximum atomic E-state index is 12.5. The molecule has 0 aromatic heterocycles. The molecule has 2 atom stereocenters. The molecule has 0 aliphatic carbocycles. The number of alkyl halides is 6. The molecule has 0 saturated heterocycles. The van der Waals surface area contributed by atoms with E-state index in [1.807, 2.05) is 6.92 Å². The summed E-state index contributed by atoms with van der Waals surface area (Å²) in [4.78, 5) is 0. The molecule has 0 bridgehead atoms. The van der Waals surface area contributed by atoms with Crippen molar-refractivity contribution in [2.24, 2.45) is 11.7 Å². The van der Waals surface area contributed by atoms with Crippen LogP contribution in [-0.4, -0.2) is 24.2 Å². The molecule has 0 aliphatic rings. The van der Waals surface area contributed by atoms with E-state index in [-0.39, 0.29) is 0 Å². The molecule has 0 spiro atoms. The molecule has 0 saturated carbocycles. The highest BCUT2D eigenvalue weighted by atomic mass is 19.4. The fourth-order valence-electron chi connectivity index (χ4n) is 1.46. The van der Waals surface area contributed by atoms with Crippen molar-refractivity contribution in [3.05, 3.63) is 0 Å². The lowest BCUT2D eigenvalue weighted by atomic mass is 9.98.